The normalized spacial score (nSPS) is 16.6. The quantitative estimate of drug-likeness (QED) is 0.640. The van der Waals surface area contributed by atoms with Gasteiger partial charge >= 0.3 is 0 Å². The van der Waals surface area contributed by atoms with E-state index < -0.39 is 6.04 Å². The number of fused-ring (bicyclic) bond motifs is 1. The number of nitrogens with zero attached hydrogens (tertiary/aromatic N) is 2. The van der Waals surface area contributed by atoms with Crippen LogP contribution < -0.4 is 10.1 Å². The average Bonchev–Trinajstić information content (AvgIpc) is 2.92. The lowest BCUT2D eigenvalue weighted by atomic mass is 9.96. The number of rotatable bonds is 4. The van der Waals surface area contributed by atoms with Gasteiger partial charge in [0, 0.05) is 36.6 Å². The third kappa shape index (κ3) is 5.00. The first-order valence-electron chi connectivity index (χ1n) is 11.1. The molecule has 0 saturated heterocycles. The number of amides is 1. The number of aromatic nitrogens is 1. The second-order valence-corrected chi connectivity index (χ2v) is 9.40. The van der Waals surface area contributed by atoms with Gasteiger partial charge in [-0.3, -0.25) is 14.7 Å². The van der Waals surface area contributed by atoms with Gasteiger partial charge < -0.3 is 10.1 Å². The zero-order valence-electron chi connectivity index (χ0n) is 19.3. The van der Waals surface area contributed by atoms with Crippen molar-refractivity contribution in [3.8, 4) is 16.9 Å². The molecule has 1 atom stereocenters. The van der Waals surface area contributed by atoms with E-state index in [4.69, 9.17) is 4.74 Å². The number of hydrogen-bond acceptors (Lipinski definition) is 4. The molecule has 0 bridgehead atoms. The van der Waals surface area contributed by atoms with Gasteiger partial charge in [0.2, 0.25) is 5.91 Å². The minimum Gasteiger partial charge on any atom is -0.492 e. The zero-order chi connectivity index (χ0) is 22.7. The Kier molecular flexibility index (Phi) is 6.28. The maximum atomic E-state index is 13.5. The van der Waals surface area contributed by atoms with E-state index in [0.29, 0.717) is 19.7 Å². The zero-order valence-corrected chi connectivity index (χ0v) is 19.3. The number of ether oxygens (including phenoxy) is 1. The van der Waals surface area contributed by atoms with Crippen LogP contribution >= 0.6 is 0 Å². The first-order chi connectivity index (χ1) is 15.3. The van der Waals surface area contributed by atoms with Crippen molar-refractivity contribution in [3.05, 3.63) is 83.7 Å². The van der Waals surface area contributed by atoms with Crippen molar-refractivity contribution in [1.29, 1.82) is 0 Å². The summed E-state index contributed by atoms with van der Waals surface area (Å²) in [5.41, 5.74) is 5.24. The Balaban J connectivity index is 1.73. The highest BCUT2D eigenvalue weighted by molar-refractivity contribution is 5.84. The van der Waals surface area contributed by atoms with E-state index in [1.807, 2.05) is 26.8 Å². The standard InChI is InChI=1S/C27H31N3O2/c1-19-8-7-10-20(16-19)22-11-6-5-9-21(22)18-30-14-15-32-24-12-13-28-17-23(24)25(30)26(31)29-27(2,3)4/h5-13,16-17,25H,14-15,18H2,1-4H3,(H,29,31). The number of nitrogens with one attached hydrogen (secondary N) is 1. The number of pyridine rings is 1. The second-order valence-electron chi connectivity index (χ2n) is 9.40. The molecular weight excluding hydrogens is 398 g/mol. The van der Waals surface area contributed by atoms with Gasteiger partial charge in [0.1, 0.15) is 18.4 Å². The van der Waals surface area contributed by atoms with Gasteiger partial charge in [-0.2, -0.15) is 0 Å². The molecule has 32 heavy (non-hydrogen) atoms. The molecule has 1 amide bonds. The van der Waals surface area contributed by atoms with E-state index in [0.717, 1.165) is 11.3 Å². The number of hydrogen-bond donors (Lipinski definition) is 1. The van der Waals surface area contributed by atoms with E-state index in [1.165, 1.54) is 22.3 Å². The first-order valence-corrected chi connectivity index (χ1v) is 11.1. The molecule has 0 radical (unpaired) electrons. The molecule has 0 fully saturated rings. The minimum absolute atomic E-state index is 0.0368. The van der Waals surface area contributed by atoms with Crippen LogP contribution in [0.5, 0.6) is 5.75 Å². The van der Waals surface area contributed by atoms with Crippen LogP contribution in [-0.2, 0) is 11.3 Å². The molecule has 1 aromatic heterocycles. The molecule has 0 spiro atoms. The molecule has 1 unspecified atom stereocenters. The van der Waals surface area contributed by atoms with Crippen LogP contribution in [0.2, 0.25) is 0 Å². The molecule has 2 heterocycles. The molecule has 166 valence electrons. The first kappa shape index (κ1) is 22.0. The number of carbonyl (C=O) groups is 1. The third-order valence-electron chi connectivity index (χ3n) is 5.57. The Morgan fingerprint density at radius 1 is 1.16 bits per heavy atom. The minimum atomic E-state index is -0.481. The smallest absolute Gasteiger partial charge is 0.242 e. The molecule has 4 rings (SSSR count). The maximum Gasteiger partial charge on any atom is 0.242 e. The molecular formula is C27H31N3O2. The van der Waals surface area contributed by atoms with Crippen LogP contribution in [0, 0.1) is 6.92 Å². The molecule has 5 nitrogen and oxygen atoms in total. The van der Waals surface area contributed by atoms with Gasteiger partial charge in [0.05, 0.1) is 0 Å². The summed E-state index contributed by atoms with van der Waals surface area (Å²) in [6, 6.07) is 18.3. The summed E-state index contributed by atoms with van der Waals surface area (Å²) in [5.74, 6) is 0.689. The van der Waals surface area contributed by atoms with Crippen molar-refractivity contribution in [2.24, 2.45) is 0 Å². The van der Waals surface area contributed by atoms with Gasteiger partial charge in [-0.15, -0.1) is 0 Å². The van der Waals surface area contributed by atoms with Gasteiger partial charge in [0.15, 0.2) is 0 Å². The van der Waals surface area contributed by atoms with Crippen molar-refractivity contribution in [3.63, 3.8) is 0 Å². The molecule has 0 saturated carbocycles. The fraction of sp³-hybridized carbons (Fsp3) is 0.333. The fourth-order valence-corrected chi connectivity index (χ4v) is 4.22. The second kappa shape index (κ2) is 9.13. The molecule has 1 aliphatic heterocycles. The summed E-state index contributed by atoms with van der Waals surface area (Å²) in [7, 11) is 0. The summed E-state index contributed by atoms with van der Waals surface area (Å²) in [6.45, 7) is 9.89. The number of benzene rings is 2. The van der Waals surface area contributed by atoms with Gasteiger partial charge in [-0.05, 0) is 50.5 Å². The molecule has 5 heteroatoms. The van der Waals surface area contributed by atoms with E-state index in [-0.39, 0.29) is 11.4 Å². The van der Waals surface area contributed by atoms with E-state index in [2.05, 4.69) is 70.7 Å². The Morgan fingerprint density at radius 2 is 1.97 bits per heavy atom. The summed E-state index contributed by atoms with van der Waals surface area (Å²) >= 11 is 0. The lowest BCUT2D eigenvalue weighted by Crippen LogP contribution is -2.47. The highest BCUT2D eigenvalue weighted by Gasteiger charge is 2.34. The Labute approximate surface area is 190 Å². The topological polar surface area (TPSA) is 54.5 Å². The highest BCUT2D eigenvalue weighted by Crippen LogP contribution is 2.34. The largest absolute Gasteiger partial charge is 0.492 e. The van der Waals surface area contributed by atoms with Crippen LogP contribution in [0.1, 0.15) is 43.5 Å². The van der Waals surface area contributed by atoms with Crippen LogP contribution in [-0.4, -0.2) is 34.5 Å². The Bertz CT molecular complexity index is 1100. The van der Waals surface area contributed by atoms with Crippen molar-refractivity contribution < 1.29 is 9.53 Å². The highest BCUT2D eigenvalue weighted by atomic mass is 16.5. The lowest BCUT2D eigenvalue weighted by Gasteiger charge is -2.32. The number of aryl methyl sites for hydroxylation is 1. The van der Waals surface area contributed by atoms with Crippen LogP contribution in [0.4, 0.5) is 0 Å². The Hall–Kier alpha value is -3.18. The lowest BCUT2D eigenvalue weighted by molar-refractivity contribution is -0.128. The Morgan fingerprint density at radius 3 is 2.75 bits per heavy atom. The summed E-state index contributed by atoms with van der Waals surface area (Å²) in [4.78, 5) is 20.0. The van der Waals surface area contributed by atoms with E-state index in [1.54, 1.807) is 12.4 Å². The monoisotopic (exact) mass is 429 g/mol. The van der Waals surface area contributed by atoms with Crippen molar-refractivity contribution in [2.75, 3.05) is 13.2 Å². The van der Waals surface area contributed by atoms with Crippen molar-refractivity contribution in [2.45, 2.75) is 45.8 Å². The van der Waals surface area contributed by atoms with E-state index in [9.17, 15) is 4.79 Å². The average molecular weight is 430 g/mol. The molecule has 1 N–H and O–H groups in total. The van der Waals surface area contributed by atoms with Crippen molar-refractivity contribution >= 4 is 5.91 Å². The van der Waals surface area contributed by atoms with Crippen LogP contribution in [0.25, 0.3) is 11.1 Å². The van der Waals surface area contributed by atoms with Gasteiger partial charge in [-0.1, -0.05) is 54.1 Å². The van der Waals surface area contributed by atoms with Crippen LogP contribution in [0.15, 0.2) is 67.0 Å². The molecule has 1 aliphatic rings. The summed E-state index contributed by atoms with van der Waals surface area (Å²) in [5, 5.41) is 3.16. The van der Waals surface area contributed by atoms with Gasteiger partial charge in [-0.25, -0.2) is 0 Å². The maximum absolute atomic E-state index is 13.5. The summed E-state index contributed by atoms with van der Waals surface area (Å²) < 4.78 is 6.00. The molecule has 0 aliphatic carbocycles. The molecule has 3 aromatic rings. The third-order valence-corrected chi connectivity index (χ3v) is 5.57. The van der Waals surface area contributed by atoms with Gasteiger partial charge in [0.25, 0.3) is 0 Å². The fourth-order valence-electron chi connectivity index (χ4n) is 4.22. The predicted octanol–water partition coefficient (Wildman–Crippen LogP) is 4.91. The predicted molar refractivity (Wildman–Crippen MR) is 127 cm³/mol. The number of carbonyl (C=O) groups excluding carboxylic acids is 1. The van der Waals surface area contributed by atoms with E-state index >= 15 is 0 Å². The summed E-state index contributed by atoms with van der Waals surface area (Å²) in [6.07, 6.45) is 3.47. The van der Waals surface area contributed by atoms with Crippen molar-refractivity contribution in [1.82, 2.24) is 15.2 Å². The molecule has 2 aromatic carbocycles. The van der Waals surface area contributed by atoms with Crippen LogP contribution in [0.3, 0.4) is 0 Å². The SMILES string of the molecule is Cc1cccc(-c2ccccc2CN2CCOc3ccncc3C2C(=O)NC(C)(C)C)c1.